The van der Waals surface area contributed by atoms with Crippen LogP contribution in [0.4, 0.5) is 24.8 Å². The molecule has 8 nitrogen and oxygen atoms in total. The largest absolute Gasteiger partial charge is 0.478 e. The average molecular weight is 491 g/mol. The molecule has 0 spiro atoms. The van der Waals surface area contributed by atoms with Gasteiger partial charge in [-0.3, -0.25) is 0 Å². The van der Waals surface area contributed by atoms with Gasteiger partial charge < -0.3 is 16.2 Å². The molecule has 0 amide bonds. The van der Waals surface area contributed by atoms with E-state index in [0.29, 0.717) is 40.2 Å². The molecule has 0 radical (unpaired) electrons. The molecule has 0 aliphatic carbocycles. The molecule has 5 aromatic rings. The molecule has 0 bridgehead atoms. The highest BCUT2D eigenvalue weighted by atomic mass is 19.2. The first-order valence-electron chi connectivity index (χ1n) is 11.0. The number of halogens is 3. The van der Waals surface area contributed by atoms with Crippen molar-refractivity contribution in [3.8, 4) is 23.0 Å². The molecular formula is C25H20F3N7O. The predicted molar refractivity (Wildman–Crippen MR) is 129 cm³/mol. The molecule has 0 aliphatic heterocycles. The van der Waals surface area contributed by atoms with E-state index in [4.69, 9.17) is 16.2 Å². The second-order valence-corrected chi connectivity index (χ2v) is 7.86. The van der Waals surface area contributed by atoms with E-state index in [1.807, 2.05) is 6.92 Å². The van der Waals surface area contributed by atoms with Crippen molar-refractivity contribution >= 4 is 22.5 Å². The number of pyridine rings is 1. The molecule has 0 saturated carbocycles. The van der Waals surface area contributed by atoms with Gasteiger partial charge in [0.05, 0.1) is 23.4 Å². The lowest BCUT2D eigenvalue weighted by molar-refractivity contribution is 0.327. The third-order valence-corrected chi connectivity index (χ3v) is 5.61. The zero-order chi connectivity index (χ0) is 25.4. The SMILES string of the molecule is CCOc1ccc(-c2c(N)nc(-n3nc(Cc4c(F)ccc(F)c4F)c4ccccc43)nc2N)cn1. The van der Waals surface area contributed by atoms with Crippen molar-refractivity contribution < 1.29 is 17.9 Å². The van der Waals surface area contributed by atoms with Crippen LogP contribution >= 0.6 is 0 Å². The van der Waals surface area contributed by atoms with Gasteiger partial charge >= 0.3 is 0 Å². The summed E-state index contributed by atoms with van der Waals surface area (Å²) in [6.07, 6.45) is 1.27. The first kappa shape index (κ1) is 23.1. The zero-order valence-electron chi connectivity index (χ0n) is 19.0. The molecule has 0 saturated heterocycles. The van der Waals surface area contributed by atoms with Crippen LogP contribution < -0.4 is 16.2 Å². The van der Waals surface area contributed by atoms with Crippen molar-refractivity contribution in [3.63, 3.8) is 0 Å². The molecule has 36 heavy (non-hydrogen) atoms. The van der Waals surface area contributed by atoms with Crippen LogP contribution in [-0.2, 0) is 6.42 Å². The van der Waals surface area contributed by atoms with Gasteiger partial charge in [0, 0.05) is 35.2 Å². The number of nitrogens with zero attached hydrogens (tertiary/aromatic N) is 5. The maximum absolute atomic E-state index is 14.3. The smallest absolute Gasteiger partial charge is 0.255 e. The number of fused-ring (bicyclic) bond motifs is 1. The van der Waals surface area contributed by atoms with Crippen LogP contribution in [0.15, 0.2) is 54.7 Å². The van der Waals surface area contributed by atoms with E-state index >= 15 is 0 Å². The summed E-state index contributed by atoms with van der Waals surface area (Å²) in [5.74, 6) is -2.57. The standard InChI is InChI=1S/C25H20F3N7O/c1-2-36-20-10-7-13(12-31-20)21-23(29)32-25(33-24(21)30)35-19-6-4-3-5-14(19)18(34-35)11-15-16(26)8-9-17(27)22(15)28/h3-10,12H,2,11H2,1H3,(H4,29,30,32,33). The van der Waals surface area contributed by atoms with E-state index in [2.05, 4.69) is 20.1 Å². The van der Waals surface area contributed by atoms with Gasteiger partial charge in [-0.25, -0.2) is 18.2 Å². The molecule has 2 aromatic carbocycles. The van der Waals surface area contributed by atoms with Crippen molar-refractivity contribution in [2.75, 3.05) is 18.1 Å². The second-order valence-electron chi connectivity index (χ2n) is 7.86. The summed E-state index contributed by atoms with van der Waals surface area (Å²) >= 11 is 0. The minimum absolute atomic E-state index is 0.0651. The Labute approximate surface area is 203 Å². The molecule has 3 aromatic heterocycles. The van der Waals surface area contributed by atoms with Crippen molar-refractivity contribution in [1.82, 2.24) is 24.7 Å². The summed E-state index contributed by atoms with van der Waals surface area (Å²) in [6.45, 7) is 2.33. The number of ether oxygens (including phenoxy) is 1. The van der Waals surface area contributed by atoms with Gasteiger partial charge in [-0.15, -0.1) is 0 Å². The third-order valence-electron chi connectivity index (χ3n) is 5.61. The molecule has 5 rings (SSSR count). The lowest BCUT2D eigenvalue weighted by atomic mass is 10.1. The maximum Gasteiger partial charge on any atom is 0.255 e. The predicted octanol–water partition coefficient (Wildman–Crippen LogP) is 4.45. The Kier molecular flexibility index (Phi) is 5.88. The topological polar surface area (TPSA) is 118 Å². The summed E-state index contributed by atoms with van der Waals surface area (Å²) in [7, 11) is 0. The van der Waals surface area contributed by atoms with E-state index in [0.717, 1.165) is 12.1 Å². The minimum atomic E-state index is -1.26. The molecule has 4 N–H and O–H groups in total. The Balaban J connectivity index is 1.58. The Morgan fingerprint density at radius 3 is 2.33 bits per heavy atom. The number of hydrogen-bond acceptors (Lipinski definition) is 7. The number of rotatable bonds is 6. The molecule has 0 fully saturated rings. The van der Waals surface area contributed by atoms with E-state index in [9.17, 15) is 13.2 Å². The number of hydrogen-bond donors (Lipinski definition) is 2. The van der Waals surface area contributed by atoms with Crippen LogP contribution in [0.25, 0.3) is 28.0 Å². The van der Waals surface area contributed by atoms with E-state index in [1.165, 1.54) is 4.68 Å². The van der Waals surface area contributed by atoms with Gasteiger partial charge in [0.2, 0.25) is 5.88 Å². The van der Waals surface area contributed by atoms with Crippen LogP contribution in [0.2, 0.25) is 0 Å². The van der Waals surface area contributed by atoms with Crippen molar-refractivity contribution in [3.05, 3.63) is 83.4 Å². The summed E-state index contributed by atoms with van der Waals surface area (Å²) in [4.78, 5) is 13.0. The summed E-state index contributed by atoms with van der Waals surface area (Å²) in [5, 5.41) is 5.06. The van der Waals surface area contributed by atoms with Crippen LogP contribution in [0.5, 0.6) is 5.88 Å². The Bertz CT molecular complexity index is 1560. The summed E-state index contributed by atoms with van der Waals surface area (Å²) in [6, 6.07) is 12.0. The van der Waals surface area contributed by atoms with Gasteiger partial charge in [0.15, 0.2) is 11.6 Å². The van der Waals surface area contributed by atoms with Crippen molar-refractivity contribution in [2.45, 2.75) is 13.3 Å². The molecule has 182 valence electrons. The van der Waals surface area contributed by atoms with Gasteiger partial charge in [-0.05, 0) is 31.2 Å². The fourth-order valence-corrected chi connectivity index (χ4v) is 3.95. The van der Waals surface area contributed by atoms with Crippen molar-refractivity contribution in [2.24, 2.45) is 0 Å². The number of aromatic nitrogens is 5. The number of anilines is 2. The summed E-state index contributed by atoms with van der Waals surface area (Å²) < 4.78 is 49.1. The molecule has 11 heteroatoms. The fraction of sp³-hybridized carbons (Fsp3) is 0.120. The Morgan fingerprint density at radius 2 is 1.64 bits per heavy atom. The highest BCUT2D eigenvalue weighted by Crippen LogP contribution is 2.32. The lowest BCUT2D eigenvalue weighted by Crippen LogP contribution is -2.10. The molecule has 0 unspecified atom stereocenters. The number of nitrogens with two attached hydrogens (primary N) is 2. The zero-order valence-corrected chi connectivity index (χ0v) is 19.0. The fourth-order valence-electron chi connectivity index (χ4n) is 3.95. The highest BCUT2D eigenvalue weighted by Gasteiger charge is 2.21. The van der Waals surface area contributed by atoms with Crippen molar-refractivity contribution in [1.29, 1.82) is 0 Å². The number of para-hydroxylation sites is 1. The summed E-state index contributed by atoms with van der Waals surface area (Å²) in [5.41, 5.74) is 13.9. The average Bonchev–Trinajstić information content (AvgIpc) is 3.23. The van der Waals surface area contributed by atoms with Crippen LogP contribution in [0.1, 0.15) is 18.2 Å². The first-order chi connectivity index (χ1) is 17.4. The quantitative estimate of drug-likeness (QED) is 0.337. The monoisotopic (exact) mass is 491 g/mol. The Hall–Kier alpha value is -4.67. The van der Waals surface area contributed by atoms with E-state index < -0.39 is 23.0 Å². The number of benzene rings is 2. The molecule has 3 heterocycles. The van der Waals surface area contributed by atoms with Gasteiger partial charge in [-0.1, -0.05) is 18.2 Å². The highest BCUT2D eigenvalue weighted by molar-refractivity contribution is 5.85. The van der Waals surface area contributed by atoms with E-state index in [1.54, 1.807) is 42.6 Å². The Morgan fingerprint density at radius 1 is 0.917 bits per heavy atom. The van der Waals surface area contributed by atoms with Gasteiger partial charge in [0.25, 0.3) is 5.95 Å². The minimum Gasteiger partial charge on any atom is -0.478 e. The molecule has 0 aliphatic rings. The second kappa shape index (κ2) is 9.17. The molecule has 0 atom stereocenters. The van der Waals surface area contributed by atoms with E-state index in [-0.39, 0.29) is 24.0 Å². The number of nitrogen functional groups attached to an aromatic ring is 2. The third kappa shape index (κ3) is 4.04. The van der Waals surface area contributed by atoms with Gasteiger partial charge in [-0.2, -0.15) is 19.7 Å². The van der Waals surface area contributed by atoms with Gasteiger partial charge in [0.1, 0.15) is 17.5 Å². The normalized spacial score (nSPS) is 11.2. The molecular weight excluding hydrogens is 471 g/mol. The maximum atomic E-state index is 14.3. The first-order valence-corrected chi connectivity index (χ1v) is 11.0. The van der Waals surface area contributed by atoms with Crippen LogP contribution in [0.3, 0.4) is 0 Å². The lowest BCUT2D eigenvalue weighted by Gasteiger charge is -2.11. The van der Waals surface area contributed by atoms with Crippen LogP contribution in [0, 0.1) is 17.5 Å². The van der Waals surface area contributed by atoms with Crippen LogP contribution in [-0.4, -0.2) is 31.3 Å².